The number of carbonyl (C=O) groups excluding carboxylic acids is 1. The molecule has 3 aliphatic rings. The number of nitrogens with zero attached hydrogens (tertiary/aromatic N) is 2. The van der Waals surface area contributed by atoms with Crippen molar-refractivity contribution in [2.75, 3.05) is 13.1 Å². The Labute approximate surface area is 179 Å². The van der Waals surface area contributed by atoms with Gasteiger partial charge in [0.05, 0.1) is 5.69 Å². The van der Waals surface area contributed by atoms with Crippen molar-refractivity contribution in [2.24, 2.45) is 5.41 Å². The molecule has 1 saturated carbocycles. The van der Waals surface area contributed by atoms with E-state index in [4.69, 9.17) is 0 Å². The van der Waals surface area contributed by atoms with Gasteiger partial charge in [0.15, 0.2) is 0 Å². The fraction of sp³-hybridized carbons (Fsp3) is 0.600. The predicted molar refractivity (Wildman–Crippen MR) is 118 cm³/mol. The number of aryl methyl sites for hydroxylation is 3. The van der Waals surface area contributed by atoms with Gasteiger partial charge >= 0.3 is 0 Å². The first kappa shape index (κ1) is 19.8. The third-order valence-corrected chi connectivity index (χ3v) is 7.60. The highest BCUT2D eigenvalue weighted by Gasteiger charge is 2.55. The van der Waals surface area contributed by atoms with Crippen LogP contribution in [-0.2, 0) is 30.6 Å². The van der Waals surface area contributed by atoms with Crippen LogP contribution in [0.3, 0.4) is 0 Å². The molecule has 1 saturated heterocycles. The van der Waals surface area contributed by atoms with Gasteiger partial charge in [-0.2, -0.15) is 5.10 Å². The van der Waals surface area contributed by atoms with Gasteiger partial charge in [-0.25, -0.2) is 0 Å². The van der Waals surface area contributed by atoms with Gasteiger partial charge in [-0.15, -0.1) is 0 Å². The molecule has 2 fully saturated rings. The number of likely N-dealkylation sites (tertiary alicyclic amines) is 1. The Hall–Kier alpha value is -2.14. The molecular weight excluding hydrogens is 372 g/mol. The van der Waals surface area contributed by atoms with Crippen molar-refractivity contribution >= 4 is 5.91 Å². The molecule has 5 heteroatoms. The normalized spacial score (nSPS) is 22.6. The molecule has 2 aliphatic carbocycles. The number of nitrogens with one attached hydrogen (secondary N) is 2. The minimum atomic E-state index is 0.201. The first-order valence-corrected chi connectivity index (χ1v) is 11.7. The van der Waals surface area contributed by atoms with Crippen LogP contribution in [-0.4, -0.2) is 40.1 Å². The summed E-state index contributed by atoms with van der Waals surface area (Å²) in [6.45, 7) is 5.48. The highest BCUT2D eigenvalue weighted by molar-refractivity contribution is 5.77. The number of carbonyl (C=O) groups is 1. The van der Waals surface area contributed by atoms with E-state index in [0.29, 0.717) is 17.9 Å². The van der Waals surface area contributed by atoms with Gasteiger partial charge < -0.3 is 5.32 Å². The molecule has 1 aromatic heterocycles. The van der Waals surface area contributed by atoms with E-state index >= 15 is 0 Å². The summed E-state index contributed by atoms with van der Waals surface area (Å²) in [5, 5.41) is 11.0. The molecule has 0 bridgehead atoms. The van der Waals surface area contributed by atoms with Crippen LogP contribution in [0.4, 0.5) is 0 Å². The second-order valence-corrected chi connectivity index (χ2v) is 9.79. The van der Waals surface area contributed by atoms with Crippen molar-refractivity contribution in [1.29, 1.82) is 0 Å². The zero-order valence-corrected chi connectivity index (χ0v) is 18.2. The lowest BCUT2D eigenvalue weighted by atomic mass is 9.92. The number of rotatable bonds is 6. The van der Waals surface area contributed by atoms with Gasteiger partial charge in [-0.05, 0) is 81.5 Å². The lowest BCUT2D eigenvalue weighted by molar-refractivity contribution is -0.121. The topological polar surface area (TPSA) is 61.0 Å². The number of amides is 1. The SMILES string of the molecule is Cc1cccc(CN2CCC3(CC2)CC3NC(=O)CCc2n[nH]c3c2CCCC3)c1. The van der Waals surface area contributed by atoms with E-state index in [1.807, 2.05) is 0 Å². The van der Waals surface area contributed by atoms with Crippen LogP contribution in [0, 0.1) is 12.3 Å². The van der Waals surface area contributed by atoms with Crippen LogP contribution in [0.1, 0.15) is 66.6 Å². The average molecular weight is 407 g/mol. The summed E-state index contributed by atoms with van der Waals surface area (Å²) in [5.74, 6) is 0.201. The number of benzene rings is 1. The third-order valence-electron chi connectivity index (χ3n) is 7.60. The van der Waals surface area contributed by atoms with Crippen molar-refractivity contribution in [2.45, 2.75) is 77.3 Å². The second-order valence-electron chi connectivity index (χ2n) is 9.79. The van der Waals surface area contributed by atoms with Crippen molar-refractivity contribution in [1.82, 2.24) is 20.4 Å². The summed E-state index contributed by atoms with van der Waals surface area (Å²) >= 11 is 0. The largest absolute Gasteiger partial charge is 0.353 e. The molecule has 30 heavy (non-hydrogen) atoms. The molecule has 1 spiro atoms. The Bertz CT molecular complexity index is 910. The molecule has 5 rings (SSSR count). The number of aromatic amines is 1. The molecule has 1 amide bonds. The van der Waals surface area contributed by atoms with Gasteiger partial charge in [-0.1, -0.05) is 29.8 Å². The van der Waals surface area contributed by atoms with Crippen molar-refractivity contribution in [3.05, 3.63) is 52.3 Å². The number of hydrogen-bond donors (Lipinski definition) is 2. The standard InChI is InChI=1S/C25H34N4O/c1-18-5-4-6-19(15-18)17-29-13-11-25(12-14-29)16-23(25)26-24(30)10-9-22-20-7-2-3-8-21(20)27-28-22/h4-6,15,23H,2-3,7-14,16-17H2,1H3,(H,26,30)(H,27,28). The van der Waals surface area contributed by atoms with Gasteiger partial charge in [0, 0.05) is 31.1 Å². The summed E-state index contributed by atoms with van der Waals surface area (Å²) in [6, 6.07) is 9.22. The quantitative estimate of drug-likeness (QED) is 0.769. The van der Waals surface area contributed by atoms with E-state index in [2.05, 4.69) is 51.6 Å². The van der Waals surface area contributed by atoms with Gasteiger partial charge in [0.1, 0.15) is 0 Å². The Morgan fingerprint density at radius 2 is 2.10 bits per heavy atom. The van der Waals surface area contributed by atoms with Crippen LogP contribution in [0.15, 0.2) is 24.3 Å². The van der Waals surface area contributed by atoms with Crippen LogP contribution in [0.5, 0.6) is 0 Å². The van der Waals surface area contributed by atoms with Crippen molar-refractivity contribution < 1.29 is 4.79 Å². The fourth-order valence-corrected chi connectivity index (χ4v) is 5.58. The maximum Gasteiger partial charge on any atom is 0.220 e. The third kappa shape index (κ3) is 4.18. The number of fused-ring (bicyclic) bond motifs is 1. The molecule has 2 aromatic rings. The van der Waals surface area contributed by atoms with E-state index in [1.54, 1.807) is 0 Å². The molecule has 1 aliphatic heterocycles. The Balaban J connectivity index is 1.07. The van der Waals surface area contributed by atoms with E-state index in [0.717, 1.165) is 51.0 Å². The first-order valence-electron chi connectivity index (χ1n) is 11.7. The minimum absolute atomic E-state index is 0.201. The monoisotopic (exact) mass is 406 g/mol. The summed E-state index contributed by atoms with van der Waals surface area (Å²) in [4.78, 5) is 15.1. The summed E-state index contributed by atoms with van der Waals surface area (Å²) in [5.41, 5.74) is 6.92. The summed E-state index contributed by atoms with van der Waals surface area (Å²) in [6.07, 6.45) is 9.62. The molecule has 1 unspecified atom stereocenters. The molecule has 2 heterocycles. The highest BCUT2D eigenvalue weighted by Crippen LogP contribution is 2.54. The molecule has 1 atom stereocenters. The van der Waals surface area contributed by atoms with Crippen LogP contribution in [0.2, 0.25) is 0 Å². The summed E-state index contributed by atoms with van der Waals surface area (Å²) in [7, 11) is 0. The Morgan fingerprint density at radius 3 is 2.93 bits per heavy atom. The maximum absolute atomic E-state index is 12.6. The fourth-order valence-electron chi connectivity index (χ4n) is 5.58. The van der Waals surface area contributed by atoms with Crippen molar-refractivity contribution in [3.8, 4) is 0 Å². The second kappa shape index (κ2) is 8.18. The lowest BCUT2D eigenvalue weighted by Crippen LogP contribution is -2.38. The van der Waals surface area contributed by atoms with E-state index in [-0.39, 0.29) is 5.91 Å². The predicted octanol–water partition coefficient (Wildman–Crippen LogP) is 3.70. The smallest absolute Gasteiger partial charge is 0.220 e. The van der Waals surface area contributed by atoms with Gasteiger partial charge in [0.25, 0.3) is 0 Å². The average Bonchev–Trinajstić information content (AvgIpc) is 3.22. The van der Waals surface area contributed by atoms with E-state index in [1.165, 1.54) is 48.1 Å². The van der Waals surface area contributed by atoms with E-state index in [9.17, 15) is 4.79 Å². The molecular formula is C25H34N4O. The number of aromatic nitrogens is 2. The molecule has 0 radical (unpaired) electrons. The maximum atomic E-state index is 12.6. The van der Waals surface area contributed by atoms with Crippen molar-refractivity contribution in [3.63, 3.8) is 0 Å². The van der Waals surface area contributed by atoms with Gasteiger partial charge in [-0.3, -0.25) is 14.8 Å². The highest BCUT2D eigenvalue weighted by atomic mass is 16.1. The number of piperidine rings is 1. The van der Waals surface area contributed by atoms with Gasteiger partial charge in [0.2, 0.25) is 5.91 Å². The lowest BCUT2D eigenvalue weighted by Gasteiger charge is -2.33. The number of hydrogen-bond acceptors (Lipinski definition) is 3. The molecule has 1 aromatic carbocycles. The van der Waals surface area contributed by atoms with E-state index < -0.39 is 0 Å². The Kier molecular flexibility index (Phi) is 5.40. The Morgan fingerprint density at radius 1 is 1.27 bits per heavy atom. The molecule has 2 N–H and O–H groups in total. The zero-order chi connectivity index (χ0) is 20.6. The van der Waals surface area contributed by atoms with Crippen LogP contribution >= 0.6 is 0 Å². The molecule has 5 nitrogen and oxygen atoms in total. The zero-order valence-electron chi connectivity index (χ0n) is 18.2. The minimum Gasteiger partial charge on any atom is -0.353 e. The van der Waals surface area contributed by atoms with Crippen LogP contribution < -0.4 is 5.32 Å². The first-order chi connectivity index (χ1) is 14.6. The number of H-pyrrole nitrogens is 1. The molecule has 160 valence electrons. The summed E-state index contributed by atoms with van der Waals surface area (Å²) < 4.78 is 0. The van der Waals surface area contributed by atoms with Crippen LogP contribution in [0.25, 0.3) is 0 Å².